The highest BCUT2D eigenvalue weighted by Gasteiger charge is 2.26. The van der Waals surface area contributed by atoms with Crippen LogP contribution < -0.4 is 0 Å². The Morgan fingerprint density at radius 1 is 1.19 bits per heavy atom. The molecule has 0 bridgehead atoms. The summed E-state index contributed by atoms with van der Waals surface area (Å²) in [6.45, 7) is 4.60. The fourth-order valence-corrected chi connectivity index (χ4v) is 2.86. The van der Waals surface area contributed by atoms with Gasteiger partial charge in [0.15, 0.2) is 0 Å². The van der Waals surface area contributed by atoms with Crippen LogP contribution in [0.15, 0.2) is 42.5 Å². The lowest BCUT2D eigenvalue weighted by Crippen LogP contribution is -2.04. The van der Waals surface area contributed by atoms with E-state index in [0.29, 0.717) is 5.92 Å². The third-order valence-electron chi connectivity index (χ3n) is 3.93. The molecule has 2 aliphatic rings. The summed E-state index contributed by atoms with van der Waals surface area (Å²) in [6.07, 6.45) is 8.37. The Hall–Kier alpha value is -1.30. The normalized spacial score (nSPS) is 24.1. The molecule has 0 saturated carbocycles. The van der Waals surface area contributed by atoms with Crippen LogP contribution in [0.3, 0.4) is 0 Å². The van der Waals surface area contributed by atoms with Crippen LogP contribution in [-0.2, 0) is 0 Å². The van der Waals surface area contributed by atoms with Gasteiger partial charge in [-0.05, 0) is 41.9 Å². The Bertz CT molecular complexity index is 459. The van der Waals surface area contributed by atoms with Crippen LogP contribution in [0.25, 0.3) is 5.57 Å². The maximum absolute atomic E-state index is 2.45. The highest BCUT2D eigenvalue weighted by Crippen LogP contribution is 2.41. The molecule has 0 heterocycles. The van der Waals surface area contributed by atoms with Gasteiger partial charge < -0.3 is 0 Å². The Labute approximate surface area is 97.7 Å². The molecule has 3 rings (SSSR count). The van der Waals surface area contributed by atoms with Gasteiger partial charge in [-0.3, -0.25) is 0 Å². The topological polar surface area (TPSA) is 0 Å². The lowest BCUT2D eigenvalue weighted by molar-refractivity contribution is 0.474. The molecule has 1 aromatic rings. The van der Waals surface area contributed by atoms with E-state index in [0.717, 1.165) is 11.8 Å². The van der Waals surface area contributed by atoms with Crippen molar-refractivity contribution in [3.8, 4) is 0 Å². The molecule has 0 heteroatoms. The minimum Gasteiger partial charge on any atom is -0.0808 e. The summed E-state index contributed by atoms with van der Waals surface area (Å²) in [5, 5.41) is 0. The lowest BCUT2D eigenvalue weighted by atomic mass is 9.88. The van der Waals surface area contributed by atoms with Gasteiger partial charge in [0.2, 0.25) is 0 Å². The molecule has 2 atom stereocenters. The van der Waals surface area contributed by atoms with Crippen molar-refractivity contribution in [1.82, 2.24) is 0 Å². The van der Waals surface area contributed by atoms with Gasteiger partial charge in [0.05, 0.1) is 0 Å². The first kappa shape index (κ1) is 9.89. The molecule has 0 saturated heterocycles. The molecule has 0 aliphatic heterocycles. The first-order valence-electron chi connectivity index (χ1n) is 6.22. The van der Waals surface area contributed by atoms with Gasteiger partial charge in [-0.1, -0.05) is 49.4 Å². The van der Waals surface area contributed by atoms with Crippen molar-refractivity contribution in [2.45, 2.75) is 26.2 Å². The Morgan fingerprint density at radius 2 is 1.94 bits per heavy atom. The Kier molecular flexibility index (Phi) is 2.24. The van der Waals surface area contributed by atoms with E-state index in [-0.39, 0.29) is 0 Å². The van der Waals surface area contributed by atoms with Crippen LogP contribution in [-0.4, -0.2) is 0 Å². The highest BCUT2D eigenvalue weighted by atomic mass is 14.3. The first-order valence-corrected chi connectivity index (χ1v) is 6.22. The summed E-state index contributed by atoms with van der Waals surface area (Å²) < 4.78 is 0. The molecule has 0 radical (unpaired) electrons. The molecule has 0 nitrogen and oxygen atoms in total. The molecule has 0 spiro atoms. The second kappa shape index (κ2) is 3.62. The third kappa shape index (κ3) is 1.63. The zero-order chi connectivity index (χ0) is 11.1. The van der Waals surface area contributed by atoms with E-state index in [1.807, 2.05) is 0 Å². The quantitative estimate of drug-likeness (QED) is 0.649. The predicted molar refractivity (Wildman–Crippen MR) is 69.2 cm³/mol. The van der Waals surface area contributed by atoms with Gasteiger partial charge >= 0.3 is 0 Å². The van der Waals surface area contributed by atoms with Crippen molar-refractivity contribution in [1.29, 1.82) is 0 Å². The molecule has 82 valence electrons. The second-order valence-electron chi connectivity index (χ2n) is 5.22. The van der Waals surface area contributed by atoms with Crippen molar-refractivity contribution >= 4 is 5.57 Å². The molecule has 2 unspecified atom stereocenters. The van der Waals surface area contributed by atoms with E-state index >= 15 is 0 Å². The fourth-order valence-electron chi connectivity index (χ4n) is 2.86. The maximum atomic E-state index is 2.45. The number of allylic oxidation sites excluding steroid dienone is 4. The smallest absolute Gasteiger partial charge is 0.00327 e. The molecule has 1 aromatic carbocycles. The number of benzene rings is 1. The van der Waals surface area contributed by atoms with Crippen LogP contribution >= 0.6 is 0 Å². The van der Waals surface area contributed by atoms with E-state index in [9.17, 15) is 0 Å². The van der Waals surface area contributed by atoms with Crippen LogP contribution in [0, 0.1) is 11.8 Å². The average Bonchev–Trinajstić information content (AvgIpc) is 3.08. The van der Waals surface area contributed by atoms with Crippen molar-refractivity contribution in [2.24, 2.45) is 11.8 Å². The van der Waals surface area contributed by atoms with Crippen molar-refractivity contribution in [2.75, 3.05) is 0 Å². The van der Waals surface area contributed by atoms with Gasteiger partial charge in [0, 0.05) is 5.92 Å². The maximum Gasteiger partial charge on any atom is 0.00327 e. The third-order valence-corrected chi connectivity index (χ3v) is 3.93. The van der Waals surface area contributed by atoms with Gasteiger partial charge in [0.25, 0.3) is 0 Å². The SMILES string of the molecule is CC1=CC(CC(C)C2C=C2)c2ccccc21. The molecular formula is C16H18. The Morgan fingerprint density at radius 3 is 2.69 bits per heavy atom. The minimum absolute atomic E-state index is 0.647. The molecule has 16 heavy (non-hydrogen) atoms. The molecular weight excluding hydrogens is 192 g/mol. The van der Waals surface area contributed by atoms with E-state index < -0.39 is 0 Å². The van der Waals surface area contributed by atoms with Gasteiger partial charge in [-0.2, -0.15) is 0 Å². The number of hydrogen-bond donors (Lipinski definition) is 0. The van der Waals surface area contributed by atoms with Crippen molar-refractivity contribution < 1.29 is 0 Å². The first-order chi connectivity index (χ1) is 7.75. The molecule has 0 N–H and O–H groups in total. The lowest BCUT2D eigenvalue weighted by Gasteiger charge is -2.16. The van der Waals surface area contributed by atoms with E-state index in [1.54, 1.807) is 0 Å². The van der Waals surface area contributed by atoms with Gasteiger partial charge in [0.1, 0.15) is 0 Å². The molecule has 0 amide bonds. The van der Waals surface area contributed by atoms with Gasteiger partial charge in [-0.15, -0.1) is 0 Å². The number of hydrogen-bond acceptors (Lipinski definition) is 0. The summed E-state index contributed by atoms with van der Waals surface area (Å²) in [6, 6.07) is 8.85. The molecule has 0 aromatic heterocycles. The van der Waals surface area contributed by atoms with Crippen LogP contribution in [0.2, 0.25) is 0 Å². The number of rotatable bonds is 3. The molecule has 0 fully saturated rings. The van der Waals surface area contributed by atoms with Crippen molar-refractivity contribution in [3.63, 3.8) is 0 Å². The van der Waals surface area contributed by atoms with E-state index in [2.05, 4.69) is 56.3 Å². The Balaban J connectivity index is 1.82. The minimum atomic E-state index is 0.647. The monoisotopic (exact) mass is 210 g/mol. The standard InChI is InChI=1S/C16H18/c1-11(13-7-8-13)9-14-10-12(2)15-5-3-4-6-16(14)15/h3-8,10-11,13-14H,9H2,1-2H3. The summed E-state index contributed by atoms with van der Waals surface area (Å²) >= 11 is 0. The largest absolute Gasteiger partial charge is 0.0808 e. The van der Waals surface area contributed by atoms with E-state index in [4.69, 9.17) is 0 Å². The summed E-state index contributed by atoms with van der Waals surface area (Å²) in [4.78, 5) is 0. The van der Waals surface area contributed by atoms with Gasteiger partial charge in [-0.25, -0.2) is 0 Å². The van der Waals surface area contributed by atoms with Crippen LogP contribution in [0.1, 0.15) is 37.3 Å². The van der Waals surface area contributed by atoms with Crippen molar-refractivity contribution in [3.05, 3.63) is 53.6 Å². The zero-order valence-corrected chi connectivity index (χ0v) is 9.98. The fraction of sp³-hybridized carbons (Fsp3) is 0.375. The zero-order valence-electron chi connectivity index (χ0n) is 9.98. The summed E-state index contributed by atoms with van der Waals surface area (Å²) in [5.41, 5.74) is 4.45. The summed E-state index contributed by atoms with van der Waals surface area (Å²) in [7, 11) is 0. The second-order valence-corrected chi connectivity index (χ2v) is 5.22. The predicted octanol–water partition coefficient (Wildman–Crippen LogP) is 4.40. The highest BCUT2D eigenvalue weighted by molar-refractivity contribution is 5.73. The molecule has 2 aliphatic carbocycles. The van der Waals surface area contributed by atoms with Crippen LogP contribution in [0.5, 0.6) is 0 Å². The van der Waals surface area contributed by atoms with E-state index in [1.165, 1.54) is 23.1 Å². The van der Waals surface area contributed by atoms with Crippen LogP contribution in [0.4, 0.5) is 0 Å². The summed E-state index contributed by atoms with van der Waals surface area (Å²) in [5.74, 6) is 2.22. The average molecular weight is 210 g/mol. The number of fused-ring (bicyclic) bond motifs is 1.